The molecule has 0 amide bonds. The number of rotatable bonds is 4. The molecule has 0 saturated carbocycles. The molecule has 0 radical (unpaired) electrons. The second-order valence-corrected chi connectivity index (χ2v) is 6.55. The lowest BCUT2D eigenvalue weighted by molar-refractivity contribution is -0.126. The van der Waals surface area contributed by atoms with Crippen LogP contribution in [0.5, 0.6) is 0 Å². The average molecular weight is 219 g/mol. The smallest absolute Gasteiger partial charge is 0.147 e. The molecule has 0 aromatic rings. The Hall–Kier alpha value is -0.420. The first kappa shape index (κ1) is 11.7. The van der Waals surface area contributed by atoms with Gasteiger partial charge < -0.3 is 5.32 Å². The summed E-state index contributed by atoms with van der Waals surface area (Å²) in [5.41, 5.74) is -0.343. The highest BCUT2D eigenvalue weighted by molar-refractivity contribution is 7.90. The number of carbonyl (C=O) groups is 1. The highest BCUT2D eigenvalue weighted by Gasteiger charge is 2.35. The van der Waals surface area contributed by atoms with Crippen LogP contribution in [-0.4, -0.2) is 39.3 Å². The normalized spacial score (nSPS) is 27.9. The maximum Gasteiger partial charge on any atom is 0.147 e. The Kier molecular flexibility index (Phi) is 3.32. The van der Waals surface area contributed by atoms with Crippen LogP contribution in [0.3, 0.4) is 0 Å². The minimum absolute atomic E-state index is 0.0264. The van der Waals surface area contributed by atoms with E-state index in [1.165, 1.54) is 0 Å². The molecular formula is C9H17NO3S. The first-order valence-electron chi connectivity index (χ1n) is 4.75. The molecule has 1 fully saturated rings. The molecule has 1 N–H and O–H groups in total. The molecule has 0 aromatic carbocycles. The Bertz CT molecular complexity index is 315. The maximum atomic E-state index is 11.7. The summed E-state index contributed by atoms with van der Waals surface area (Å²) in [6.07, 6.45) is 2.13. The molecule has 1 aliphatic heterocycles. The summed E-state index contributed by atoms with van der Waals surface area (Å²) >= 11 is 0. The van der Waals surface area contributed by atoms with E-state index in [0.717, 1.165) is 19.2 Å². The van der Waals surface area contributed by atoms with E-state index < -0.39 is 9.84 Å². The molecular weight excluding hydrogens is 202 g/mol. The van der Waals surface area contributed by atoms with Crippen molar-refractivity contribution in [2.24, 2.45) is 5.41 Å². The van der Waals surface area contributed by atoms with Gasteiger partial charge in [0, 0.05) is 24.6 Å². The van der Waals surface area contributed by atoms with E-state index >= 15 is 0 Å². The summed E-state index contributed by atoms with van der Waals surface area (Å²) < 4.78 is 21.8. The molecule has 0 aromatic heterocycles. The van der Waals surface area contributed by atoms with Gasteiger partial charge in [0.15, 0.2) is 0 Å². The third-order valence-corrected chi connectivity index (χ3v) is 3.69. The van der Waals surface area contributed by atoms with E-state index in [-0.39, 0.29) is 23.4 Å². The Morgan fingerprint density at radius 2 is 2.14 bits per heavy atom. The molecule has 14 heavy (non-hydrogen) atoms. The molecule has 0 bridgehead atoms. The summed E-state index contributed by atoms with van der Waals surface area (Å²) in [7, 11) is -3.02. The quantitative estimate of drug-likeness (QED) is 0.722. The number of hydrogen-bond acceptors (Lipinski definition) is 4. The lowest BCUT2D eigenvalue weighted by Crippen LogP contribution is -2.31. The highest BCUT2D eigenvalue weighted by Crippen LogP contribution is 2.26. The van der Waals surface area contributed by atoms with Crippen LogP contribution in [0.4, 0.5) is 0 Å². The number of nitrogens with one attached hydrogen (secondary N) is 1. The zero-order chi connectivity index (χ0) is 10.8. The zero-order valence-electron chi connectivity index (χ0n) is 8.67. The van der Waals surface area contributed by atoms with Crippen LogP contribution >= 0.6 is 0 Å². The van der Waals surface area contributed by atoms with E-state index in [2.05, 4.69) is 5.32 Å². The van der Waals surface area contributed by atoms with Crippen LogP contribution in [0.1, 0.15) is 19.8 Å². The van der Waals surface area contributed by atoms with Crippen molar-refractivity contribution in [1.29, 1.82) is 0 Å². The lowest BCUT2D eigenvalue weighted by Gasteiger charge is -2.20. The summed E-state index contributed by atoms with van der Waals surface area (Å²) in [4.78, 5) is 11.7. The first-order valence-corrected chi connectivity index (χ1v) is 6.81. The van der Waals surface area contributed by atoms with Gasteiger partial charge in [-0.3, -0.25) is 4.79 Å². The maximum absolute atomic E-state index is 11.7. The van der Waals surface area contributed by atoms with Gasteiger partial charge in [-0.1, -0.05) is 6.92 Å². The van der Waals surface area contributed by atoms with Crippen LogP contribution in [0.15, 0.2) is 0 Å². The summed E-state index contributed by atoms with van der Waals surface area (Å²) in [5.74, 6) is 0.0365. The van der Waals surface area contributed by atoms with Gasteiger partial charge in [0.25, 0.3) is 0 Å². The third kappa shape index (κ3) is 3.06. The predicted molar refractivity (Wildman–Crippen MR) is 54.9 cm³/mol. The summed E-state index contributed by atoms with van der Waals surface area (Å²) in [6.45, 7) is 3.42. The standard InChI is InChI=1S/C9H17NO3S/c1-9(4-5-10-7-9)8(11)3-6-14(2,12)13/h10H,3-7H2,1-2H3. The zero-order valence-corrected chi connectivity index (χ0v) is 9.49. The average Bonchev–Trinajstić information content (AvgIpc) is 2.48. The Labute approximate surface area is 85.0 Å². The van der Waals surface area contributed by atoms with Gasteiger partial charge in [-0.05, 0) is 13.0 Å². The van der Waals surface area contributed by atoms with E-state index in [9.17, 15) is 13.2 Å². The number of carbonyl (C=O) groups excluding carboxylic acids is 1. The highest BCUT2D eigenvalue weighted by atomic mass is 32.2. The number of Topliss-reactive ketones (excluding diaryl/α,β-unsaturated/α-hetero) is 1. The lowest BCUT2D eigenvalue weighted by atomic mass is 9.84. The summed E-state index contributed by atoms with van der Waals surface area (Å²) in [6, 6.07) is 0. The van der Waals surface area contributed by atoms with Crippen LogP contribution < -0.4 is 5.32 Å². The number of sulfone groups is 1. The number of hydrogen-bond donors (Lipinski definition) is 1. The van der Waals surface area contributed by atoms with E-state index in [1.807, 2.05) is 6.92 Å². The predicted octanol–water partition coefficient (Wildman–Crippen LogP) is -0.0102. The Balaban J connectivity index is 2.50. The molecule has 1 unspecified atom stereocenters. The second kappa shape index (κ2) is 3.98. The minimum atomic E-state index is -3.02. The van der Waals surface area contributed by atoms with Crippen molar-refractivity contribution in [2.75, 3.05) is 25.1 Å². The van der Waals surface area contributed by atoms with E-state index in [0.29, 0.717) is 6.54 Å². The van der Waals surface area contributed by atoms with Crippen molar-refractivity contribution in [3.63, 3.8) is 0 Å². The monoisotopic (exact) mass is 219 g/mol. The van der Waals surface area contributed by atoms with Crippen molar-refractivity contribution in [2.45, 2.75) is 19.8 Å². The van der Waals surface area contributed by atoms with Crippen LogP contribution in [-0.2, 0) is 14.6 Å². The molecule has 1 heterocycles. The van der Waals surface area contributed by atoms with Gasteiger partial charge in [-0.15, -0.1) is 0 Å². The van der Waals surface area contributed by atoms with Crippen molar-refractivity contribution in [3.05, 3.63) is 0 Å². The first-order chi connectivity index (χ1) is 6.33. The number of ketones is 1. The molecule has 0 spiro atoms. The van der Waals surface area contributed by atoms with E-state index in [1.54, 1.807) is 0 Å². The van der Waals surface area contributed by atoms with Gasteiger partial charge in [0.1, 0.15) is 15.6 Å². The van der Waals surface area contributed by atoms with Gasteiger partial charge in [-0.2, -0.15) is 0 Å². The SMILES string of the molecule is CC1(C(=O)CCS(C)(=O)=O)CCNC1. The molecule has 1 rings (SSSR count). The van der Waals surface area contributed by atoms with Gasteiger partial charge >= 0.3 is 0 Å². The molecule has 4 nitrogen and oxygen atoms in total. The fraction of sp³-hybridized carbons (Fsp3) is 0.889. The minimum Gasteiger partial charge on any atom is -0.316 e. The molecule has 1 atom stereocenters. The Morgan fingerprint density at radius 3 is 2.57 bits per heavy atom. The van der Waals surface area contributed by atoms with Crippen LogP contribution in [0.2, 0.25) is 0 Å². The molecule has 1 saturated heterocycles. The van der Waals surface area contributed by atoms with Crippen LogP contribution in [0.25, 0.3) is 0 Å². The van der Waals surface area contributed by atoms with E-state index in [4.69, 9.17) is 0 Å². The molecule has 82 valence electrons. The van der Waals surface area contributed by atoms with Crippen molar-refractivity contribution < 1.29 is 13.2 Å². The van der Waals surface area contributed by atoms with Crippen molar-refractivity contribution >= 4 is 15.6 Å². The topological polar surface area (TPSA) is 63.2 Å². The molecule has 0 aliphatic carbocycles. The largest absolute Gasteiger partial charge is 0.316 e. The summed E-state index contributed by atoms with van der Waals surface area (Å²) in [5, 5.41) is 3.12. The van der Waals surface area contributed by atoms with Gasteiger partial charge in [0.05, 0.1) is 5.75 Å². The molecule has 1 aliphatic rings. The van der Waals surface area contributed by atoms with Gasteiger partial charge in [-0.25, -0.2) is 8.42 Å². The fourth-order valence-electron chi connectivity index (χ4n) is 1.63. The van der Waals surface area contributed by atoms with Gasteiger partial charge in [0.2, 0.25) is 0 Å². The Morgan fingerprint density at radius 1 is 1.50 bits per heavy atom. The van der Waals surface area contributed by atoms with Crippen molar-refractivity contribution in [1.82, 2.24) is 5.32 Å². The third-order valence-electron chi connectivity index (χ3n) is 2.74. The van der Waals surface area contributed by atoms with Crippen molar-refractivity contribution in [3.8, 4) is 0 Å². The molecule has 5 heteroatoms. The van der Waals surface area contributed by atoms with Crippen LogP contribution in [0, 0.1) is 5.41 Å². The second-order valence-electron chi connectivity index (χ2n) is 4.29. The fourth-order valence-corrected chi connectivity index (χ4v) is 2.19.